The number of hydrogen-bond acceptors (Lipinski definition) is 6. The molecule has 220 valence electrons. The number of amides is 2. The van der Waals surface area contributed by atoms with Gasteiger partial charge in [-0.2, -0.15) is 13.2 Å². The van der Waals surface area contributed by atoms with Crippen molar-refractivity contribution in [3.63, 3.8) is 0 Å². The second kappa shape index (κ2) is 12.0. The zero-order valence-corrected chi connectivity index (χ0v) is 23.4. The van der Waals surface area contributed by atoms with Crippen LogP contribution in [-0.2, 0) is 11.2 Å². The number of halogens is 3. The van der Waals surface area contributed by atoms with Crippen LogP contribution in [0.4, 0.5) is 13.2 Å². The maximum absolute atomic E-state index is 15.3. The molecular formula is C31H29F3N2O6. The molecular weight excluding hydrogens is 553 g/mol. The van der Waals surface area contributed by atoms with Gasteiger partial charge in [0.25, 0.3) is 11.8 Å². The normalized spacial score (nSPS) is 16.8. The van der Waals surface area contributed by atoms with Gasteiger partial charge >= 0.3 is 6.18 Å². The number of rotatable bonds is 10. The number of ketones is 1. The zero-order chi connectivity index (χ0) is 30.7. The van der Waals surface area contributed by atoms with E-state index in [4.69, 9.17) is 14.2 Å². The lowest BCUT2D eigenvalue weighted by atomic mass is 9.84. The summed E-state index contributed by atoms with van der Waals surface area (Å²) in [6.07, 6.45) is -5.19. The van der Waals surface area contributed by atoms with Crippen molar-refractivity contribution in [1.29, 1.82) is 0 Å². The molecule has 4 rings (SSSR count). The minimum Gasteiger partial charge on any atom is -0.493 e. The van der Waals surface area contributed by atoms with Crippen LogP contribution >= 0.6 is 0 Å². The van der Waals surface area contributed by atoms with Gasteiger partial charge in [0.15, 0.2) is 17.3 Å². The van der Waals surface area contributed by atoms with E-state index in [1.807, 2.05) is 5.32 Å². The zero-order valence-electron chi connectivity index (χ0n) is 23.4. The summed E-state index contributed by atoms with van der Waals surface area (Å²) in [5.74, 6) is -3.66. The summed E-state index contributed by atoms with van der Waals surface area (Å²) in [5.41, 5.74) is -4.35. The Morgan fingerprint density at radius 2 is 1.40 bits per heavy atom. The van der Waals surface area contributed by atoms with E-state index in [2.05, 4.69) is 0 Å². The predicted octanol–water partition coefficient (Wildman–Crippen LogP) is 4.99. The van der Waals surface area contributed by atoms with Crippen molar-refractivity contribution in [2.24, 2.45) is 0 Å². The number of nitrogens with zero attached hydrogens (tertiary/aromatic N) is 1. The van der Waals surface area contributed by atoms with Gasteiger partial charge in [0, 0.05) is 23.4 Å². The molecule has 42 heavy (non-hydrogen) atoms. The monoisotopic (exact) mass is 582 g/mol. The van der Waals surface area contributed by atoms with Crippen LogP contribution < -0.4 is 19.5 Å². The molecule has 0 fully saturated rings. The molecule has 1 aliphatic rings. The number of carbonyl (C=O) groups is 3. The number of allylic oxidation sites excluding steroid dienone is 1. The quantitative estimate of drug-likeness (QED) is 0.339. The first kappa shape index (κ1) is 30.2. The van der Waals surface area contributed by atoms with Crippen molar-refractivity contribution in [2.45, 2.75) is 25.1 Å². The Balaban J connectivity index is 1.86. The van der Waals surface area contributed by atoms with Gasteiger partial charge < -0.3 is 24.4 Å². The average Bonchev–Trinajstić information content (AvgIpc) is 3.21. The van der Waals surface area contributed by atoms with Gasteiger partial charge in [-0.3, -0.25) is 14.4 Å². The Bertz CT molecular complexity index is 1500. The summed E-state index contributed by atoms with van der Waals surface area (Å²) in [7, 11) is 3.89. The summed E-state index contributed by atoms with van der Waals surface area (Å²) >= 11 is 0. The van der Waals surface area contributed by atoms with E-state index in [9.17, 15) is 14.4 Å². The van der Waals surface area contributed by atoms with E-state index in [0.717, 1.165) is 22.6 Å². The van der Waals surface area contributed by atoms with Crippen LogP contribution in [0.3, 0.4) is 0 Å². The average molecular weight is 583 g/mol. The molecule has 1 heterocycles. The first-order valence-corrected chi connectivity index (χ1v) is 12.9. The van der Waals surface area contributed by atoms with Gasteiger partial charge in [0.05, 0.1) is 26.9 Å². The number of methoxy groups -OCH3 is 3. The summed E-state index contributed by atoms with van der Waals surface area (Å²) in [5, 5.41) is 1.91. The lowest BCUT2D eigenvalue weighted by Crippen LogP contribution is -2.66. The number of ether oxygens (including phenoxy) is 3. The maximum Gasteiger partial charge on any atom is 0.425 e. The van der Waals surface area contributed by atoms with Crippen LogP contribution in [-0.4, -0.2) is 62.1 Å². The van der Waals surface area contributed by atoms with Gasteiger partial charge in [-0.25, -0.2) is 0 Å². The smallest absolute Gasteiger partial charge is 0.425 e. The molecule has 0 aliphatic carbocycles. The Morgan fingerprint density at radius 1 is 0.857 bits per heavy atom. The Kier molecular flexibility index (Phi) is 8.60. The van der Waals surface area contributed by atoms with Crippen LogP contribution in [0, 0.1) is 0 Å². The Labute approximate surface area is 240 Å². The summed E-state index contributed by atoms with van der Waals surface area (Å²) < 4.78 is 61.5. The van der Waals surface area contributed by atoms with E-state index < -0.39 is 34.9 Å². The lowest BCUT2D eigenvalue weighted by molar-refractivity contribution is -0.189. The second-order valence-electron chi connectivity index (χ2n) is 9.46. The van der Waals surface area contributed by atoms with Crippen molar-refractivity contribution < 1.29 is 41.8 Å². The predicted molar refractivity (Wildman–Crippen MR) is 148 cm³/mol. The molecule has 3 aromatic rings. The molecule has 0 unspecified atom stereocenters. The number of nitrogens with one attached hydrogen (secondary N) is 1. The fourth-order valence-electron chi connectivity index (χ4n) is 5.00. The molecule has 1 atom stereocenters. The van der Waals surface area contributed by atoms with Crippen molar-refractivity contribution in [2.75, 3.05) is 27.9 Å². The topological polar surface area (TPSA) is 94.2 Å². The Morgan fingerprint density at radius 3 is 1.90 bits per heavy atom. The highest BCUT2D eigenvalue weighted by Gasteiger charge is 2.70. The number of carbonyl (C=O) groups excluding carboxylic acids is 3. The van der Waals surface area contributed by atoms with Crippen LogP contribution in [0.25, 0.3) is 0 Å². The standard InChI is InChI=1S/C31H29F3N2O6/c1-19-25(26(37)21-13-9-6-10-14-21)30(31(32,33)34,29(39)36(19)16-15-20-11-7-5-8-12-20)35-28(38)22-17-23(40-2)27(42-4)24(18-22)41-3/h5-14,17-18H,15-16H2,1-4H3,(H,35,38)/t30-/m0/s1. The number of hydrogen-bond donors (Lipinski definition) is 1. The van der Waals surface area contributed by atoms with Gasteiger partial charge in [0.2, 0.25) is 11.3 Å². The molecule has 0 bridgehead atoms. The van der Waals surface area contributed by atoms with Crippen molar-refractivity contribution in [1.82, 2.24) is 10.2 Å². The van der Waals surface area contributed by atoms with Gasteiger partial charge in [0.1, 0.15) is 0 Å². The number of benzene rings is 3. The lowest BCUT2D eigenvalue weighted by Gasteiger charge is -2.33. The largest absolute Gasteiger partial charge is 0.493 e. The highest BCUT2D eigenvalue weighted by Crippen LogP contribution is 2.46. The van der Waals surface area contributed by atoms with Gasteiger partial charge in [-0.15, -0.1) is 0 Å². The molecule has 11 heteroatoms. The first-order valence-electron chi connectivity index (χ1n) is 12.9. The number of alkyl halides is 3. The third kappa shape index (κ3) is 5.29. The van der Waals surface area contributed by atoms with Crippen LogP contribution in [0.15, 0.2) is 84.1 Å². The minimum atomic E-state index is -5.40. The summed E-state index contributed by atoms with van der Waals surface area (Å²) in [6, 6.07) is 18.5. The fraction of sp³-hybridized carbons (Fsp3) is 0.258. The molecule has 0 saturated heterocycles. The Hall–Kier alpha value is -4.80. The molecule has 1 N–H and O–H groups in total. The summed E-state index contributed by atoms with van der Waals surface area (Å²) in [6.45, 7) is 1.12. The molecule has 1 aliphatic heterocycles. The van der Waals surface area contributed by atoms with Crippen LogP contribution in [0.2, 0.25) is 0 Å². The maximum atomic E-state index is 15.3. The van der Waals surface area contributed by atoms with Gasteiger partial charge in [-0.1, -0.05) is 60.7 Å². The van der Waals surface area contributed by atoms with E-state index in [1.54, 1.807) is 36.4 Å². The molecule has 3 aromatic carbocycles. The van der Waals surface area contributed by atoms with Crippen LogP contribution in [0.1, 0.15) is 33.2 Å². The van der Waals surface area contributed by atoms with E-state index >= 15 is 13.2 Å². The first-order chi connectivity index (χ1) is 20.0. The highest BCUT2D eigenvalue weighted by atomic mass is 19.4. The molecule has 0 radical (unpaired) electrons. The second-order valence-corrected chi connectivity index (χ2v) is 9.46. The highest BCUT2D eigenvalue weighted by molar-refractivity contribution is 6.19. The fourth-order valence-corrected chi connectivity index (χ4v) is 5.00. The third-order valence-corrected chi connectivity index (χ3v) is 7.09. The van der Waals surface area contributed by atoms with Crippen molar-refractivity contribution in [3.05, 3.63) is 101 Å². The van der Waals surface area contributed by atoms with Crippen molar-refractivity contribution in [3.8, 4) is 17.2 Å². The van der Waals surface area contributed by atoms with E-state index in [1.165, 1.54) is 52.5 Å². The minimum absolute atomic E-state index is 0.0117. The van der Waals surface area contributed by atoms with E-state index in [0.29, 0.717) is 0 Å². The van der Waals surface area contributed by atoms with Gasteiger partial charge in [-0.05, 0) is 31.0 Å². The molecule has 0 saturated carbocycles. The SMILES string of the molecule is COc1cc(C(=O)N[C@]2(C(F)(F)F)C(=O)N(CCc3ccccc3)C(C)=C2C(=O)c2ccccc2)cc(OC)c1OC. The number of Topliss-reactive ketones (excluding diaryl/α,β-unsaturated/α-hetero) is 1. The van der Waals surface area contributed by atoms with E-state index in [-0.39, 0.29) is 47.0 Å². The molecule has 0 aromatic heterocycles. The summed E-state index contributed by atoms with van der Waals surface area (Å²) in [4.78, 5) is 42.1. The molecule has 8 nitrogen and oxygen atoms in total. The van der Waals surface area contributed by atoms with Crippen LogP contribution in [0.5, 0.6) is 17.2 Å². The van der Waals surface area contributed by atoms with Crippen molar-refractivity contribution >= 4 is 17.6 Å². The molecule has 2 amide bonds. The third-order valence-electron chi connectivity index (χ3n) is 7.09. The molecule has 0 spiro atoms.